The second-order valence-electron chi connectivity index (χ2n) is 8.74. The fraction of sp³-hybridized carbons (Fsp3) is 0.214. The third kappa shape index (κ3) is 5.97. The van der Waals surface area contributed by atoms with E-state index in [0.29, 0.717) is 29.6 Å². The van der Waals surface area contributed by atoms with Crippen molar-refractivity contribution in [1.29, 1.82) is 0 Å². The Balaban J connectivity index is 1.11. The predicted octanol–water partition coefficient (Wildman–Crippen LogP) is 3.39. The standard InChI is InChI=1S/C28H28N6O3S/c1-37-25-9-5-6-21(18-25)27(36)33-16-14-32(15-17-33)23-12-10-22(11-13-23)31-26(35)19-38-28-29-20-30-34(28)24-7-3-2-4-8-24/h2-13,18,20H,14-17,19H2,1H3,(H,31,35)/p+1. The Bertz CT molecular complexity index is 1390. The van der Waals surface area contributed by atoms with Crippen LogP contribution in [-0.4, -0.2) is 65.8 Å². The van der Waals surface area contributed by atoms with Crippen LogP contribution in [0.15, 0.2) is 90.3 Å². The summed E-state index contributed by atoms with van der Waals surface area (Å²) in [5, 5.41) is 6.74. The van der Waals surface area contributed by atoms with Crippen LogP contribution in [-0.2, 0) is 4.79 Å². The van der Waals surface area contributed by atoms with Crippen LogP contribution in [0.2, 0.25) is 0 Å². The van der Waals surface area contributed by atoms with Crippen molar-refractivity contribution >= 4 is 35.0 Å². The van der Waals surface area contributed by atoms with Gasteiger partial charge in [0.15, 0.2) is 5.69 Å². The maximum Gasteiger partial charge on any atom is 0.385 e. The predicted molar refractivity (Wildman–Crippen MR) is 147 cm³/mol. The molecule has 1 aliphatic heterocycles. The van der Waals surface area contributed by atoms with Gasteiger partial charge in [-0.2, -0.15) is 5.10 Å². The molecular weight excluding hydrogens is 500 g/mol. The topological polar surface area (TPSA) is 94.4 Å². The Morgan fingerprint density at radius 1 is 1.00 bits per heavy atom. The number of rotatable bonds is 8. The number of methoxy groups -OCH3 is 1. The molecule has 194 valence electrons. The summed E-state index contributed by atoms with van der Waals surface area (Å²) in [6.45, 7) is 2.76. The number of benzene rings is 3. The van der Waals surface area contributed by atoms with Gasteiger partial charge in [0.2, 0.25) is 12.2 Å². The normalized spacial score (nSPS) is 13.3. The molecule has 9 nitrogen and oxygen atoms in total. The molecule has 38 heavy (non-hydrogen) atoms. The number of hydrogen-bond acceptors (Lipinski definition) is 6. The lowest BCUT2D eigenvalue weighted by atomic mass is 10.1. The van der Waals surface area contributed by atoms with Crippen molar-refractivity contribution in [1.82, 2.24) is 15.0 Å². The van der Waals surface area contributed by atoms with E-state index in [9.17, 15) is 9.59 Å². The quantitative estimate of drug-likeness (QED) is 0.269. The highest BCUT2D eigenvalue weighted by Crippen LogP contribution is 2.22. The molecule has 1 aromatic heterocycles. The summed E-state index contributed by atoms with van der Waals surface area (Å²) in [6.07, 6.45) is 1.61. The van der Waals surface area contributed by atoms with Crippen molar-refractivity contribution in [2.24, 2.45) is 0 Å². The van der Waals surface area contributed by atoms with E-state index in [1.54, 1.807) is 19.5 Å². The minimum absolute atomic E-state index is 0.0172. The number of thioether (sulfide) groups is 1. The highest BCUT2D eigenvalue weighted by molar-refractivity contribution is 7.99. The molecule has 0 radical (unpaired) electrons. The number of anilines is 2. The lowest BCUT2D eigenvalue weighted by Gasteiger charge is -2.36. The number of nitrogens with one attached hydrogen (secondary N) is 2. The zero-order valence-corrected chi connectivity index (χ0v) is 21.9. The van der Waals surface area contributed by atoms with Gasteiger partial charge in [0.1, 0.15) is 5.75 Å². The number of ether oxygens (including phenoxy) is 1. The number of aromatic amines is 1. The van der Waals surface area contributed by atoms with Crippen LogP contribution in [0, 0.1) is 0 Å². The summed E-state index contributed by atoms with van der Waals surface area (Å²) in [7, 11) is 1.60. The van der Waals surface area contributed by atoms with Crippen LogP contribution in [0.4, 0.5) is 11.4 Å². The number of H-pyrrole nitrogens is 1. The van der Waals surface area contributed by atoms with Crippen LogP contribution < -0.4 is 19.6 Å². The fourth-order valence-electron chi connectivity index (χ4n) is 4.31. The fourth-order valence-corrected chi connectivity index (χ4v) is 5.05. The van der Waals surface area contributed by atoms with Gasteiger partial charge < -0.3 is 19.9 Å². The molecule has 10 heteroatoms. The van der Waals surface area contributed by atoms with Crippen molar-refractivity contribution in [3.05, 3.63) is 90.8 Å². The first kappa shape index (κ1) is 25.3. The zero-order chi connectivity index (χ0) is 26.3. The number of aromatic nitrogens is 3. The van der Waals surface area contributed by atoms with Gasteiger partial charge in [0.25, 0.3) is 5.91 Å². The van der Waals surface area contributed by atoms with Crippen molar-refractivity contribution < 1.29 is 19.0 Å². The summed E-state index contributed by atoms with van der Waals surface area (Å²) >= 11 is 1.37. The average Bonchev–Trinajstić information content (AvgIpc) is 3.45. The molecule has 0 saturated carbocycles. The van der Waals surface area contributed by atoms with E-state index in [-0.39, 0.29) is 17.6 Å². The third-order valence-electron chi connectivity index (χ3n) is 6.30. The third-order valence-corrected chi connectivity index (χ3v) is 7.25. The van der Waals surface area contributed by atoms with Crippen LogP contribution in [0.5, 0.6) is 5.75 Å². The van der Waals surface area contributed by atoms with Gasteiger partial charge in [-0.15, -0.1) is 4.68 Å². The van der Waals surface area contributed by atoms with Crippen molar-refractivity contribution in [2.45, 2.75) is 5.16 Å². The average molecular weight is 530 g/mol. The van der Waals surface area contributed by atoms with Gasteiger partial charge in [0, 0.05) is 43.1 Å². The summed E-state index contributed by atoms with van der Waals surface area (Å²) in [4.78, 5) is 33.9. The van der Waals surface area contributed by atoms with Crippen molar-refractivity contribution in [2.75, 3.05) is 49.3 Å². The Labute approximate surface area is 225 Å². The molecule has 0 aliphatic carbocycles. The maximum absolute atomic E-state index is 12.9. The molecule has 2 amide bonds. The molecule has 3 aromatic carbocycles. The molecule has 4 aromatic rings. The molecule has 5 rings (SSSR count). The first-order valence-corrected chi connectivity index (χ1v) is 13.3. The van der Waals surface area contributed by atoms with Gasteiger partial charge >= 0.3 is 5.16 Å². The molecule has 2 N–H and O–H groups in total. The number of para-hydroxylation sites is 1. The molecule has 1 saturated heterocycles. The minimum atomic E-state index is -0.102. The SMILES string of the molecule is COc1cccc(C(=O)N2CCN(c3ccc(NC(=O)CSc4nc[nH][n+]4-c4ccccc4)cc3)CC2)c1. The minimum Gasteiger partial charge on any atom is -0.497 e. The van der Waals surface area contributed by atoms with E-state index in [0.717, 1.165) is 30.2 Å². The van der Waals surface area contributed by atoms with Crippen LogP contribution in [0.3, 0.4) is 0 Å². The highest BCUT2D eigenvalue weighted by Gasteiger charge is 2.23. The smallest absolute Gasteiger partial charge is 0.385 e. The molecule has 1 fully saturated rings. The Hall–Kier alpha value is -4.31. The van der Waals surface area contributed by atoms with E-state index < -0.39 is 0 Å². The second kappa shape index (κ2) is 11.8. The largest absolute Gasteiger partial charge is 0.497 e. The van der Waals surface area contributed by atoms with Gasteiger partial charge in [0.05, 0.1) is 12.9 Å². The number of piperazine rings is 1. The molecule has 0 atom stereocenters. The number of carbonyl (C=O) groups is 2. The lowest BCUT2D eigenvalue weighted by molar-refractivity contribution is -0.694. The van der Waals surface area contributed by atoms with E-state index in [1.807, 2.05) is 82.4 Å². The summed E-state index contributed by atoms with van der Waals surface area (Å²) < 4.78 is 7.09. The molecule has 2 heterocycles. The highest BCUT2D eigenvalue weighted by atomic mass is 32.2. The van der Waals surface area contributed by atoms with Crippen molar-refractivity contribution in [3.8, 4) is 11.4 Å². The van der Waals surface area contributed by atoms with Crippen LogP contribution in [0.25, 0.3) is 5.69 Å². The summed E-state index contributed by atoms with van der Waals surface area (Å²) in [6, 6.07) is 24.9. The first-order chi connectivity index (χ1) is 18.6. The van der Waals surface area contributed by atoms with E-state index >= 15 is 0 Å². The second-order valence-corrected chi connectivity index (χ2v) is 9.68. The lowest BCUT2D eigenvalue weighted by Crippen LogP contribution is -2.48. The van der Waals surface area contributed by atoms with E-state index in [2.05, 4.69) is 20.3 Å². The van der Waals surface area contributed by atoms with Gasteiger partial charge in [-0.3, -0.25) is 9.59 Å². The van der Waals surface area contributed by atoms with Gasteiger partial charge in [-0.25, -0.2) is 0 Å². The maximum atomic E-state index is 12.9. The first-order valence-electron chi connectivity index (χ1n) is 12.3. The summed E-state index contributed by atoms with van der Waals surface area (Å²) in [5.74, 6) is 0.832. The molecule has 0 bridgehead atoms. The number of amides is 2. The molecule has 0 unspecified atom stereocenters. The number of hydrogen-bond donors (Lipinski definition) is 2. The summed E-state index contributed by atoms with van der Waals surface area (Å²) in [5.41, 5.74) is 3.39. The Morgan fingerprint density at radius 2 is 1.76 bits per heavy atom. The monoisotopic (exact) mass is 529 g/mol. The van der Waals surface area contributed by atoms with Crippen LogP contribution in [0.1, 0.15) is 10.4 Å². The van der Waals surface area contributed by atoms with Crippen LogP contribution >= 0.6 is 11.8 Å². The molecule has 0 spiro atoms. The van der Waals surface area contributed by atoms with E-state index in [4.69, 9.17) is 4.74 Å². The molecule has 1 aliphatic rings. The molecular formula is C28H29N6O3S+. The van der Waals surface area contributed by atoms with Crippen molar-refractivity contribution in [3.63, 3.8) is 0 Å². The van der Waals surface area contributed by atoms with E-state index in [1.165, 1.54) is 11.8 Å². The number of carbonyl (C=O) groups excluding carboxylic acids is 2. The zero-order valence-electron chi connectivity index (χ0n) is 21.0. The Morgan fingerprint density at radius 3 is 2.50 bits per heavy atom. The Kier molecular flexibility index (Phi) is 7.89. The van der Waals surface area contributed by atoms with Gasteiger partial charge in [-0.05, 0) is 71.3 Å². The van der Waals surface area contributed by atoms with Gasteiger partial charge in [-0.1, -0.05) is 24.3 Å². The number of nitrogens with zero attached hydrogens (tertiary/aromatic N) is 4.